The summed E-state index contributed by atoms with van der Waals surface area (Å²) in [6.07, 6.45) is 0.846. The van der Waals surface area contributed by atoms with Crippen molar-refractivity contribution in [2.45, 2.75) is 17.2 Å². The molecule has 4 aromatic rings. The highest BCUT2D eigenvalue weighted by Crippen LogP contribution is 2.31. The van der Waals surface area contributed by atoms with Gasteiger partial charge in [-0.15, -0.1) is 23.2 Å². The summed E-state index contributed by atoms with van der Waals surface area (Å²) in [4.78, 5) is 0. The van der Waals surface area contributed by atoms with Crippen LogP contribution in [0.3, 0.4) is 0 Å². The molecule has 144 valence electrons. The minimum Gasteiger partial charge on any atom is -0.113 e. The van der Waals surface area contributed by atoms with E-state index in [-0.39, 0.29) is 10.8 Å². The summed E-state index contributed by atoms with van der Waals surface area (Å²) in [5.74, 6) is 0. The maximum Gasteiger partial charge on any atom is 0.0835 e. The van der Waals surface area contributed by atoms with E-state index in [1.807, 2.05) is 36.4 Å². The molecule has 0 heterocycles. The number of hydrogen-bond donors (Lipinski definition) is 0. The molecule has 0 aliphatic carbocycles. The normalized spacial score (nSPS) is 13.0. The van der Waals surface area contributed by atoms with E-state index in [1.165, 1.54) is 11.1 Å². The predicted molar refractivity (Wildman–Crippen MR) is 124 cm³/mol. The summed E-state index contributed by atoms with van der Waals surface area (Å²) < 4.78 is 0. The van der Waals surface area contributed by atoms with E-state index in [1.54, 1.807) is 0 Å². The molecule has 2 heteroatoms. The van der Waals surface area contributed by atoms with Gasteiger partial charge in [0.2, 0.25) is 0 Å². The molecule has 0 spiro atoms. The molecular formula is C27H22Cl2. The Morgan fingerprint density at radius 3 is 1.24 bits per heavy atom. The highest BCUT2D eigenvalue weighted by molar-refractivity contribution is 6.23. The fourth-order valence-electron chi connectivity index (χ4n) is 3.59. The fourth-order valence-corrected chi connectivity index (χ4v) is 4.15. The van der Waals surface area contributed by atoms with Crippen LogP contribution in [-0.2, 0) is 6.42 Å². The molecule has 29 heavy (non-hydrogen) atoms. The highest BCUT2D eigenvalue weighted by atomic mass is 35.5. The second-order valence-electron chi connectivity index (χ2n) is 7.21. The van der Waals surface area contributed by atoms with E-state index in [0.29, 0.717) is 0 Å². The van der Waals surface area contributed by atoms with Gasteiger partial charge in [-0.2, -0.15) is 0 Å². The van der Waals surface area contributed by atoms with Crippen LogP contribution >= 0.6 is 23.2 Å². The summed E-state index contributed by atoms with van der Waals surface area (Å²) in [7, 11) is 0. The lowest BCUT2D eigenvalue weighted by Crippen LogP contribution is -1.97. The lowest BCUT2D eigenvalue weighted by atomic mass is 9.96. The molecule has 0 aromatic heterocycles. The molecule has 4 rings (SSSR count). The molecule has 0 aliphatic heterocycles. The van der Waals surface area contributed by atoms with E-state index < -0.39 is 0 Å². The van der Waals surface area contributed by atoms with Crippen LogP contribution in [0.1, 0.15) is 44.1 Å². The van der Waals surface area contributed by atoms with Crippen LogP contribution in [-0.4, -0.2) is 0 Å². The maximum absolute atomic E-state index is 6.72. The first kappa shape index (κ1) is 19.8. The van der Waals surface area contributed by atoms with E-state index in [0.717, 1.165) is 28.7 Å². The fraction of sp³-hybridized carbons (Fsp3) is 0.111. The second kappa shape index (κ2) is 9.31. The van der Waals surface area contributed by atoms with Gasteiger partial charge < -0.3 is 0 Å². The van der Waals surface area contributed by atoms with Crippen molar-refractivity contribution in [1.29, 1.82) is 0 Å². The third-order valence-electron chi connectivity index (χ3n) is 5.08. The zero-order valence-electron chi connectivity index (χ0n) is 16.0. The summed E-state index contributed by atoms with van der Waals surface area (Å²) in [5.41, 5.74) is 6.94. The van der Waals surface area contributed by atoms with E-state index in [4.69, 9.17) is 23.2 Å². The molecule has 0 amide bonds. The van der Waals surface area contributed by atoms with Gasteiger partial charge in [-0.05, 0) is 39.8 Å². The minimum absolute atomic E-state index is 0.146. The Bertz CT molecular complexity index is 971. The van der Waals surface area contributed by atoms with Crippen LogP contribution in [0.5, 0.6) is 0 Å². The maximum atomic E-state index is 6.72. The molecule has 2 atom stereocenters. The van der Waals surface area contributed by atoms with Crippen LogP contribution in [0.15, 0.2) is 109 Å². The van der Waals surface area contributed by atoms with Crippen molar-refractivity contribution < 1.29 is 0 Å². The summed E-state index contributed by atoms with van der Waals surface area (Å²) in [6, 6.07) is 37.4. The quantitative estimate of drug-likeness (QED) is 0.279. The smallest absolute Gasteiger partial charge is 0.0835 e. The third-order valence-corrected chi connectivity index (χ3v) is 6.09. The van der Waals surface area contributed by atoms with Gasteiger partial charge in [0.1, 0.15) is 0 Å². The lowest BCUT2D eigenvalue weighted by molar-refractivity contribution is 1.09. The van der Waals surface area contributed by atoms with Gasteiger partial charge in [-0.1, -0.05) is 109 Å². The average Bonchev–Trinajstić information content (AvgIpc) is 2.79. The molecule has 0 saturated carbocycles. The van der Waals surface area contributed by atoms with E-state index in [2.05, 4.69) is 72.8 Å². The van der Waals surface area contributed by atoms with Crippen molar-refractivity contribution in [2.75, 3.05) is 0 Å². The predicted octanol–water partition coefficient (Wildman–Crippen LogP) is 7.93. The highest BCUT2D eigenvalue weighted by Gasteiger charge is 2.13. The van der Waals surface area contributed by atoms with Crippen LogP contribution in [0.4, 0.5) is 0 Å². The molecule has 0 bridgehead atoms. The van der Waals surface area contributed by atoms with Crippen LogP contribution in [0.2, 0.25) is 0 Å². The SMILES string of the molecule is ClC(c1ccccc1)c1cccc(Cc2cccc(C(Cl)c3ccccc3)c2)c1. The van der Waals surface area contributed by atoms with Gasteiger partial charge in [-0.25, -0.2) is 0 Å². The summed E-state index contributed by atoms with van der Waals surface area (Å²) >= 11 is 13.4. The zero-order chi connectivity index (χ0) is 20.1. The van der Waals surface area contributed by atoms with Crippen molar-refractivity contribution in [3.8, 4) is 0 Å². The standard InChI is InChI=1S/C27H22Cl2/c28-26(22-11-3-1-4-12-22)24-15-7-9-20(18-24)17-21-10-8-16-25(19-21)27(29)23-13-5-2-6-14-23/h1-16,18-19,26-27H,17H2. The molecule has 0 saturated heterocycles. The first-order valence-corrected chi connectivity index (χ1v) is 10.6. The topological polar surface area (TPSA) is 0 Å². The van der Waals surface area contributed by atoms with Crippen molar-refractivity contribution >= 4 is 23.2 Å². The molecule has 2 unspecified atom stereocenters. The van der Waals surface area contributed by atoms with Crippen molar-refractivity contribution in [3.63, 3.8) is 0 Å². The number of hydrogen-bond acceptors (Lipinski definition) is 0. The van der Waals surface area contributed by atoms with Crippen molar-refractivity contribution in [2.24, 2.45) is 0 Å². The zero-order valence-corrected chi connectivity index (χ0v) is 17.5. The number of alkyl halides is 2. The molecule has 0 fully saturated rings. The van der Waals surface area contributed by atoms with Gasteiger partial charge in [0.25, 0.3) is 0 Å². The van der Waals surface area contributed by atoms with Gasteiger partial charge in [-0.3, -0.25) is 0 Å². The number of halogens is 2. The van der Waals surface area contributed by atoms with Crippen LogP contribution in [0.25, 0.3) is 0 Å². The molecule has 0 aliphatic rings. The van der Waals surface area contributed by atoms with E-state index in [9.17, 15) is 0 Å². The van der Waals surface area contributed by atoms with Crippen molar-refractivity contribution in [1.82, 2.24) is 0 Å². The molecule has 0 N–H and O–H groups in total. The Morgan fingerprint density at radius 2 is 0.828 bits per heavy atom. The monoisotopic (exact) mass is 416 g/mol. The molecule has 0 nitrogen and oxygen atoms in total. The van der Waals surface area contributed by atoms with E-state index >= 15 is 0 Å². The van der Waals surface area contributed by atoms with Gasteiger partial charge >= 0.3 is 0 Å². The van der Waals surface area contributed by atoms with Gasteiger partial charge in [0, 0.05) is 0 Å². The van der Waals surface area contributed by atoms with Crippen LogP contribution < -0.4 is 0 Å². The average molecular weight is 417 g/mol. The number of rotatable bonds is 6. The Kier molecular flexibility index (Phi) is 6.34. The first-order chi connectivity index (χ1) is 14.2. The van der Waals surface area contributed by atoms with Gasteiger partial charge in [0.05, 0.1) is 10.8 Å². The number of benzene rings is 4. The van der Waals surface area contributed by atoms with Crippen molar-refractivity contribution in [3.05, 3.63) is 143 Å². The summed E-state index contributed by atoms with van der Waals surface area (Å²) in [5, 5.41) is -0.291. The Morgan fingerprint density at radius 1 is 0.448 bits per heavy atom. The summed E-state index contributed by atoms with van der Waals surface area (Å²) in [6.45, 7) is 0. The molecule has 4 aromatic carbocycles. The molecular weight excluding hydrogens is 395 g/mol. The molecule has 0 radical (unpaired) electrons. The third kappa shape index (κ3) is 4.90. The first-order valence-electron chi connectivity index (χ1n) is 9.76. The Balaban J connectivity index is 1.54. The Labute approximate surface area is 182 Å². The largest absolute Gasteiger partial charge is 0.113 e. The van der Waals surface area contributed by atoms with Crippen LogP contribution in [0, 0.1) is 0 Å². The second-order valence-corrected chi connectivity index (χ2v) is 8.09. The van der Waals surface area contributed by atoms with Gasteiger partial charge in [0.15, 0.2) is 0 Å². The Hall–Kier alpha value is -2.54. The minimum atomic E-state index is -0.146. The lowest BCUT2D eigenvalue weighted by Gasteiger charge is -2.14.